The molecule has 2 heterocycles. The van der Waals surface area contributed by atoms with Crippen molar-refractivity contribution in [3.8, 4) is 11.5 Å². The predicted molar refractivity (Wildman–Crippen MR) is 135 cm³/mol. The molecule has 3 aromatic carbocycles. The molecule has 5 rings (SSSR count). The van der Waals surface area contributed by atoms with E-state index in [9.17, 15) is 18.3 Å². The molecule has 1 aliphatic rings. The predicted octanol–water partition coefficient (Wildman–Crippen LogP) is 3.70. The number of benzene rings is 3. The Kier molecular flexibility index (Phi) is 6.57. The molecule has 0 bridgehead atoms. The van der Waals surface area contributed by atoms with Crippen molar-refractivity contribution in [3.63, 3.8) is 0 Å². The highest BCUT2D eigenvalue weighted by molar-refractivity contribution is 7.84. The number of aromatic amines is 1. The van der Waals surface area contributed by atoms with Gasteiger partial charge in [-0.25, -0.2) is 0 Å². The Hall–Kier alpha value is -3.96. The van der Waals surface area contributed by atoms with Crippen molar-refractivity contribution in [2.24, 2.45) is 0 Å². The Morgan fingerprint density at radius 2 is 2.03 bits per heavy atom. The molecule has 1 aliphatic heterocycles. The van der Waals surface area contributed by atoms with E-state index in [0.29, 0.717) is 5.56 Å². The minimum atomic E-state index is -4.03. The minimum absolute atomic E-state index is 0.0323. The van der Waals surface area contributed by atoms with E-state index >= 15 is 0 Å². The number of carbonyl (C=O) groups excluding carboxylic acids is 1. The zero-order chi connectivity index (χ0) is 26.2. The van der Waals surface area contributed by atoms with Gasteiger partial charge < -0.3 is 14.0 Å². The number of aromatic hydroxyl groups is 1. The molecule has 0 radical (unpaired) electrons. The highest BCUT2D eigenvalue weighted by Gasteiger charge is 2.32. The second-order valence-corrected chi connectivity index (χ2v) is 10.4. The highest BCUT2D eigenvalue weighted by atomic mass is 32.2. The number of ether oxygens (including phenoxy) is 1. The van der Waals surface area contributed by atoms with Crippen LogP contribution in [0.4, 0.5) is 0 Å². The molecule has 37 heavy (non-hydrogen) atoms. The van der Waals surface area contributed by atoms with Crippen LogP contribution >= 0.6 is 0 Å². The third-order valence-electron chi connectivity index (χ3n) is 6.45. The second-order valence-electron chi connectivity index (χ2n) is 8.88. The van der Waals surface area contributed by atoms with Gasteiger partial charge in [-0.05, 0) is 60.4 Å². The van der Waals surface area contributed by atoms with E-state index in [4.69, 9.17) is 8.92 Å². The number of rotatable bonds is 7. The number of fused-ring (bicyclic) bond motifs is 2. The number of aromatic nitrogens is 3. The van der Waals surface area contributed by atoms with E-state index in [1.807, 2.05) is 43.3 Å². The number of hydrogen-bond donors (Lipinski definition) is 2. The quantitative estimate of drug-likeness (QED) is 0.351. The SMILES string of the molecule is CCOC(=O)CC(c1cccc(CN2Cc3cc(O)ccc3OS2(=O)=O)c1)c1ccc2n[nH]nc2c1C. The summed E-state index contributed by atoms with van der Waals surface area (Å²) >= 11 is 0. The van der Waals surface area contributed by atoms with Crippen LogP contribution in [0.2, 0.25) is 0 Å². The molecular formula is C26H26N4O6S. The van der Waals surface area contributed by atoms with Gasteiger partial charge in [-0.2, -0.15) is 28.1 Å². The van der Waals surface area contributed by atoms with E-state index in [1.54, 1.807) is 6.92 Å². The molecule has 0 saturated carbocycles. The molecule has 0 spiro atoms. The number of esters is 1. The molecule has 0 saturated heterocycles. The number of hydrogen-bond acceptors (Lipinski definition) is 8. The maximum absolute atomic E-state index is 12.8. The minimum Gasteiger partial charge on any atom is -0.508 e. The van der Waals surface area contributed by atoms with E-state index in [0.717, 1.165) is 33.3 Å². The van der Waals surface area contributed by atoms with Gasteiger partial charge in [0.05, 0.1) is 13.0 Å². The monoisotopic (exact) mass is 522 g/mol. The Labute approximate surface area is 214 Å². The lowest BCUT2D eigenvalue weighted by atomic mass is 9.85. The summed E-state index contributed by atoms with van der Waals surface area (Å²) in [6.45, 7) is 4.09. The Morgan fingerprint density at radius 1 is 1.19 bits per heavy atom. The maximum Gasteiger partial charge on any atom is 0.385 e. The lowest BCUT2D eigenvalue weighted by molar-refractivity contribution is -0.143. The van der Waals surface area contributed by atoms with Crippen molar-refractivity contribution in [2.45, 2.75) is 39.3 Å². The van der Waals surface area contributed by atoms with Gasteiger partial charge in [0.2, 0.25) is 0 Å². The Morgan fingerprint density at radius 3 is 2.84 bits per heavy atom. The molecular weight excluding hydrogens is 496 g/mol. The average molecular weight is 523 g/mol. The standard InChI is InChI=1S/C26H26N4O6S/c1-3-35-25(32)13-22(21-8-9-23-26(16(21)2)28-29-27-23)18-6-4-5-17(11-18)14-30-15-19-12-20(31)7-10-24(19)36-37(30,33)34/h4-12,22,31H,3,13-15H2,1-2H3,(H,27,28,29). The molecule has 1 unspecified atom stereocenters. The van der Waals surface area contributed by atoms with Crippen LogP contribution in [-0.4, -0.2) is 45.8 Å². The van der Waals surface area contributed by atoms with Crippen LogP contribution in [0.1, 0.15) is 47.1 Å². The molecule has 10 nitrogen and oxygen atoms in total. The van der Waals surface area contributed by atoms with E-state index in [2.05, 4.69) is 15.4 Å². The summed E-state index contributed by atoms with van der Waals surface area (Å²) in [5.74, 6) is -0.436. The summed E-state index contributed by atoms with van der Waals surface area (Å²) in [7, 11) is -4.03. The van der Waals surface area contributed by atoms with Gasteiger partial charge >= 0.3 is 16.3 Å². The Balaban J connectivity index is 1.49. The molecule has 4 aromatic rings. The second kappa shape index (κ2) is 9.83. The maximum atomic E-state index is 12.8. The van der Waals surface area contributed by atoms with Crippen molar-refractivity contribution in [2.75, 3.05) is 6.61 Å². The largest absolute Gasteiger partial charge is 0.508 e. The van der Waals surface area contributed by atoms with Crippen molar-refractivity contribution >= 4 is 27.3 Å². The van der Waals surface area contributed by atoms with Gasteiger partial charge in [-0.15, -0.1) is 0 Å². The summed E-state index contributed by atoms with van der Waals surface area (Å²) in [5, 5.41) is 20.8. The third kappa shape index (κ3) is 5.00. The summed E-state index contributed by atoms with van der Waals surface area (Å²) in [5.41, 5.74) is 5.39. The van der Waals surface area contributed by atoms with Crippen molar-refractivity contribution < 1.29 is 27.2 Å². The fraction of sp³-hybridized carbons (Fsp3) is 0.269. The van der Waals surface area contributed by atoms with Crippen LogP contribution in [0, 0.1) is 6.92 Å². The third-order valence-corrected chi connectivity index (χ3v) is 7.73. The first-order chi connectivity index (χ1) is 17.7. The van der Waals surface area contributed by atoms with Crippen LogP contribution < -0.4 is 4.18 Å². The van der Waals surface area contributed by atoms with Crippen molar-refractivity contribution in [3.05, 3.63) is 82.4 Å². The molecule has 1 aromatic heterocycles. The van der Waals surface area contributed by atoms with Crippen LogP contribution in [0.15, 0.2) is 54.6 Å². The fourth-order valence-electron chi connectivity index (χ4n) is 4.69. The van der Waals surface area contributed by atoms with Gasteiger partial charge in [-0.1, -0.05) is 30.3 Å². The lowest BCUT2D eigenvalue weighted by Crippen LogP contribution is -2.37. The lowest BCUT2D eigenvalue weighted by Gasteiger charge is -2.28. The number of carbonyl (C=O) groups is 1. The number of nitrogens with one attached hydrogen (secondary N) is 1. The first-order valence-electron chi connectivity index (χ1n) is 11.8. The first kappa shape index (κ1) is 24.7. The molecule has 11 heteroatoms. The Bertz CT molecular complexity index is 1580. The van der Waals surface area contributed by atoms with E-state index in [1.165, 1.54) is 22.5 Å². The van der Waals surface area contributed by atoms with Gasteiger partial charge in [0, 0.05) is 24.6 Å². The zero-order valence-corrected chi connectivity index (χ0v) is 21.2. The summed E-state index contributed by atoms with van der Waals surface area (Å²) < 4.78 is 37.3. The number of phenols is 1. The molecule has 0 amide bonds. The van der Waals surface area contributed by atoms with Crippen LogP contribution in [0.3, 0.4) is 0 Å². The van der Waals surface area contributed by atoms with Gasteiger partial charge in [0.25, 0.3) is 0 Å². The van der Waals surface area contributed by atoms with Gasteiger partial charge in [-0.3, -0.25) is 4.79 Å². The summed E-state index contributed by atoms with van der Waals surface area (Å²) in [6, 6.07) is 15.6. The van der Waals surface area contributed by atoms with Crippen molar-refractivity contribution in [1.29, 1.82) is 0 Å². The van der Waals surface area contributed by atoms with Gasteiger partial charge in [0.15, 0.2) is 0 Å². The van der Waals surface area contributed by atoms with Crippen LogP contribution in [-0.2, 0) is 32.9 Å². The number of aryl methyl sites for hydroxylation is 1. The van der Waals surface area contributed by atoms with E-state index in [-0.39, 0.29) is 49.5 Å². The normalized spacial score (nSPS) is 15.6. The van der Waals surface area contributed by atoms with Gasteiger partial charge in [0.1, 0.15) is 22.5 Å². The fourth-order valence-corrected chi connectivity index (χ4v) is 5.79. The molecule has 1 atom stereocenters. The molecule has 192 valence electrons. The number of nitrogens with zero attached hydrogens (tertiary/aromatic N) is 3. The smallest absolute Gasteiger partial charge is 0.385 e. The van der Waals surface area contributed by atoms with E-state index < -0.39 is 10.3 Å². The topological polar surface area (TPSA) is 135 Å². The summed E-state index contributed by atoms with van der Waals surface area (Å²) in [6.07, 6.45) is 0.110. The zero-order valence-electron chi connectivity index (χ0n) is 20.3. The molecule has 0 fully saturated rings. The highest BCUT2D eigenvalue weighted by Crippen LogP contribution is 2.35. The summed E-state index contributed by atoms with van der Waals surface area (Å²) in [4.78, 5) is 12.6. The number of phenolic OH excluding ortho intramolecular Hbond substituents is 1. The van der Waals surface area contributed by atoms with Crippen LogP contribution in [0.5, 0.6) is 11.5 Å². The number of H-pyrrole nitrogens is 1. The van der Waals surface area contributed by atoms with Crippen molar-refractivity contribution in [1.82, 2.24) is 19.7 Å². The molecule has 2 N–H and O–H groups in total. The van der Waals surface area contributed by atoms with Crippen LogP contribution in [0.25, 0.3) is 11.0 Å². The average Bonchev–Trinajstić information content (AvgIpc) is 3.34. The molecule has 0 aliphatic carbocycles. The first-order valence-corrected chi connectivity index (χ1v) is 13.2.